The molecule has 0 aliphatic carbocycles. The number of rotatable bonds is 10. The largest absolute Gasteiger partial charge is 0.492 e. The topological polar surface area (TPSA) is 30.5 Å². The lowest BCUT2D eigenvalue weighted by atomic mass is 10.1. The summed E-state index contributed by atoms with van der Waals surface area (Å²) in [7, 11) is 1.72. The average Bonchev–Trinajstić information content (AvgIpc) is 2.44. The standard InChI is InChI=1S/C16H27NO2/c1-4-6-14-7-9-16(10-8-14)19-13-15(12-18-3)17-11-5-2/h7-10,15,17H,4-6,11-13H2,1-3H3. The molecule has 0 bridgehead atoms. The molecule has 0 fully saturated rings. The molecule has 1 aromatic carbocycles. The SMILES string of the molecule is CCCNC(COC)COc1ccc(CCC)cc1. The van der Waals surface area contributed by atoms with Gasteiger partial charge >= 0.3 is 0 Å². The molecule has 19 heavy (non-hydrogen) atoms. The van der Waals surface area contributed by atoms with Crippen molar-refractivity contribution in [1.29, 1.82) is 0 Å². The van der Waals surface area contributed by atoms with Crippen LogP contribution < -0.4 is 10.1 Å². The van der Waals surface area contributed by atoms with Crippen LogP contribution in [0.4, 0.5) is 0 Å². The normalized spacial score (nSPS) is 12.4. The molecule has 0 aromatic heterocycles. The van der Waals surface area contributed by atoms with Gasteiger partial charge in [0, 0.05) is 7.11 Å². The van der Waals surface area contributed by atoms with E-state index in [0.717, 1.165) is 25.1 Å². The minimum Gasteiger partial charge on any atom is -0.492 e. The van der Waals surface area contributed by atoms with Crippen LogP contribution in [0.3, 0.4) is 0 Å². The van der Waals surface area contributed by atoms with Crippen molar-refractivity contribution >= 4 is 0 Å². The Morgan fingerprint density at radius 3 is 2.37 bits per heavy atom. The van der Waals surface area contributed by atoms with Crippen molar-refractivity contribution in [2.24, 2.45) is 0 Å². The third-order valence-electron chi connectivity index (χ3n) is 2.96. The minimum absolute atomic E-state index is 0.250. The summed E-state index contributed by atoms with van der Waals surface area (Å²) in [5.74, 6) is 0.930. The van der Waals surface area contributed by atoms with Crippen molar-refractivity contribution in [2.75, 3.05) is 26.9 Å². The first kappa shape index (κ1) is 16.0. The second-order valence-electron chi connectivity index (χ2n) is 4.81. The fourth-order valence-corrected chi connectivity index (χ4v) is 1.95. The van der Waals surface area contributed by atoms with Gasteiger partial charge in [0.25, 0.3) is 0 Å². The van der Waals surface area contributed by atoms with Crippen LogP contribution in [0.25, 0.3) is 0 Å². The Hall–Kier alpha value is -1.06. The lowest BCUT2D eigenvalue weighted by molar-refractivity contribution is 0.136. The number of benzene rings is 1. The Kier molecular flexibility index (Phi) is 8.26. The van der Waals surface area contributed by atoms with Gasteiger partial charge in [-0.05, 0) is 37.1 Å². The van der Waals surface area contributed by atoms with Crippen molar-refractivity contribution < 1.29 is 9.47 Å². The first-order valence-corrected chi connectivity index (χ1v) is 7.24. The maximum Gasteiger partial charge on any atom is 0.119 e. The number of aryl methyl sites for hydroxylation is 1. The summed E-state index contributed by atoms with van der Waals surface area (Å²) >= 11 is 0. The molecule has 1 rings (SSSR count). The molecule has 3 nitrogen and oxygen atoms in total. The zero-order valence-corrected chi connectivity index (χ0v) is 12.4. The van der Waals surface area contributed by atoms with Crippen LogP contribution in [0, 0.1) is 0 Å². The van der Waals surface area contributed by atoms with Crippen LogP contribution in [-0.2, 0) is 11.2 Å². The Bertz CT molecular complexity index is 324. The Morgan fingerprint density at radius 1 is 1.05 bits per heavy atom. The molecule has 108 valence electrons. The van der Waals surface area contributed by atoms with E-state index in [9.17, 15) is 0 Å². The summed E-state index contributed by atoms with van der Waals surface area (Å²) in [4.78, 5) is 0. The maximum absolute atomic E-state index is 5.81. The zero-order chi connectivity index (χ0) is 13.9. The lowest BCUT2D eigenvalue weighted by Crippen LogP contribution is -2.38. The monoisotopic (exact) mass is 265 g/mol. The molecule has 0 saturated carbocycles. The molecule has 0 aliphatic heterocycles. The van der Waals surface area contributed by atoms with Crippen molar-refractivity contribution in [2.45, 2.75) is 39.2 Å². The molecular weight excluding hydrogens is 238 g/mol. The second kappa shape index (κ2) is 9.82. The first-order chi connectivity index (χ1) is 9.30. The molecule has 1 aromatic rings. The molecular formula is C16H27NO2. The fraction of sp³-hybridized carbons (Fsp3) is 0.625. The van der Waals surface area contributed by atoms with Gasteiger partial charge in [0.1, 0.15) is 12.4 Å². The van der Waals surface area contributed by atoms with E-state index in [0.29, 0.717) is 13.2 Å². The summed E-state index contributed by atoms with van der Waals surface area (Å²) in [6.45, 7) is 6.66. The van der Waals surface area contributed by atoms with Gasteiger partial charge in [0.15, 0.2) is 0 Å². The van der Waals surface area contributed by atoms with Crippen molar-refractivity contribution in [1.82, 2.24) is 5.32 Å². The summed E-state index contributed by atoms with van der Waals surface area (Å²) in [5.41, 5.74) is 1.37. The highest BCUT2D eigenvalue weighted by Crippen LogP contribution is 2.13. The lowest BCUT2D eigenvalue weighted by Gasteiger charge is -2.18. The molecule has 0 saturated heterocycles. The summed E-state index contributed by atoms with van der Waals surface area (Å²) in [6, 6.07) is 8.64. The number of hydrogen-bond acceptors (Lipinski definition) is 3. The number of ether oxygens (including phenoxy) is 2. The molecule has 0 radical (unpaired) electrons. The molecule has 0 heterocycles. The summed E-state index contributed by atoms with van der Waals surface area (Å²) in [6.07, 6.45) is 3.42. The summed E-state index contributed by atoms with van der Waals surface area (Å²) in [5, 5.41) is 3.42. The van der Waals surface area contributed by atoms with E-state index in [1.807, 2.05) is 0 Å². The van der Waals surface area contributed by atoms with E-state index in [1.54, 1.807) is 7.11 Å². The predicted molar refractivity (Wildman–Crippen MR) is 79.9 cm³/mol. The van der Waals surface area contributed by atoms with Gasteiger partial charge < -0.3 is 14.8 Å². The average molecular weight is 265 g/mol. The Morgan fingerprint density at radius 2 is 1.79 bits per heavy atom. The molecule has 0 aliphatic rings. The maximum atomic E-state index is 5.81. The number of methoxy groups -OCH3 is 1. The van der Waals surface area contributed by atoms with E-state index in [-0.39, 0.29) is 6.04 Å². The Balaban J connectivity index is 2.39. The molecule has 3 heteroatoms. The van der Waals surface area contributed by atoms with Crippen LogP contribution in [0.1, 0.15) is 32.3 Å². The molecule has 0 amide bonds. The smallest absolute Gasteiger partial charge is 0.119 e. The highest BCUT2D eigenvalue weighted by molar-refractivity contribution is 5.27. The first-order valence-electron chi connectivity index (χ1n) is 7.24. The molecule has 1 N–H and O–H groups in total. The van der Waals surface area contributed by atoms with E-state index in [4.69, 9.17) is 9.47 Å². The van der Waals surface area contributed by atoms with Crippen molar-refractivity contribution in [3.63, 3.8) is 0 Å². The highest BCUT2D eigenvalue weighted by atomic mass is 16.5. The van der Waals surface area contributed by atoms with E-state index >= 15 is 0 Å². The third kappa shape index (κ3) is 6.60. The Labute approximate surface area is 117 Å². The fourth-order valence-electron chi connectivity index (χ4n) is 1.95. The summed E-state index contributed by atoms with van der Waals surface area (Å²) < 4.78 is 11.0. The van der Waals surface area contributed by atoms with Crippen LogP contribution in [0.2, 0.25) is 0 Å². The van der Waals surface area contributed by atoms with Gasteiger partial charge in [-0.1, -0.05) is 32.4 Å². The van der Waals surface area contributed by atoms with Gasteiger partial charge in [-0.3, -0.25) is 0 Å². The highest BCUT2D eigenvalue weighted by Gasteiger charge is 2.08. The quantitative estimate of drug-likeness (QED) is 0.705. The van der Waals surface area contributed by atoms with Gasteiger partial charge in [-0.15, -0.1) is 0 Å². The number of nitrogens with one attached hydrogen (secondary N) is 1. The van der Waals surface area contributed by atoms with Crippen molar-refractivity contribution in [3.8, 4) is 5.75 Å². The van der Waals surface area contributed by atoms with Crippen molar-refractivity contribution in [3.05, 3.63) is 29.8 Å². The number of hydrogen-bond donors (Lipinski definition) is 1. The van der Waals surface area contributed by atoms with E-state index in [1.165, 1.54) is 12.0 Å². The van der Waals surface area contributed by atoms with Crippen LogP contribution >= 0.6 is 0 Å². The molecule has 1 unspecified atom stereocenters. The second-order valence-corrected chi connectivity index (χ2v) is 4.81. The van der Waals surface area contributed by atoms with Gasteiger partial charge in [-0.25, -0.2) is 0 Å². The molecule has 0 spiro atoms. The van der Waals surface area contributed by atoms with Gasteiger partial charge in [0.05, 0.1) is 12.6 Å². The van der Waals surface area contributed by atoms with E-state index in [2.05, 4.69) is 43.4 Å². The predicted octanol–water partition coefficient (Wildman–Crippen LogP) is 3.03. The molecule has 1 atom stereocenters. The third-order valence-corrected chi connectivity index (χ3v) is 2.96. The zero-order valence-electron chi connectivity index (χ0n) is 12.4. The van der Waals surface area contributed by atoms with Gasteiger partial charge in [-0.2, -0.15) is 0 Å². The van der Waals surface area contributed by atoms with E-state index < -0.39 is 0 Å². The minimum atomic E-state index is 0.250. The van der Waals surface area contributed by atoms with Crippen LogP contribution in [0.5, 0.6) is 5.75 Å². The van der Waals surface area contributed by atoms with Crippen LogP contribution in [-0.4, -0.2) is 32.9 Å². The van der Waals surface area contributed by atoms with Gasteiger partial charge in [0.2, 0.25) is 0 Å². The van der Waals surface area contributed by atoms with Crippen LogP contribution in [0.15, 0.2) is 24.3 Å².